The number of hydrogen-bond acceptors (Lipinski definition) is 4. The molecule has 7 heteroatoms. The molecule has 2 aliphatic rings. The van der Waals surface area contributed by atoms with Crippen LogP contribution in [-0.2, 0) is 4.79 Å². The fourth-order valence-corrected chi connectivity index (χ4v) is 4.50. The number of primary amides is 1. The normalized spacial score (nSPS) is 25.6. The molecule has 0 radical (unpaired) electrons. The van der Waals surface area contributed by atoms with Gasteiger partial charge in [-0.2, -0.15) is 11.8 Å². The molecule has 1 amide bonds. The van der Waals surface area contributed by atoms with Crippen molar-refractivity contribution in [2.75, 3.05) is 45.0 Å². The average molecular weight is 356 g/mol. The number of amides is 1. The van der Waals surface area contributed by atoms with Crippen molar-refractivity contribution in [3.8, 4) is 0 Å². The second-order valence-corrected chi connectivity index (χ2v) is 8.09. The molecule has 4 N–H and O–H groups in total. The van der Waals surface area contributed by atoms with E-state index < -0.39 is 0 Å². The van der Waals surface area contributed by atoms with Crippen molar-refractivity contribution < 1.29 is 4.79 Å². The van der Waals surface area contributed by atoms with Gasteiger partial charge in [0.2, 0.25) is 5.91 Å². The van der Waals surface area contributed by atoms with Crippen molar-refractivity contribution in [1.29, 1.82) is 0 Å². The number of rotatable bonds is 8. The van der Waals surface area contributed by atoms with Crippen LogP contribution in [0.4, 0.5) is 0 Å². The van der Waals surface area contributed by atoms with E-state index in [0.29, 0.717) is 5.25 Å². The molecule has 2 aliphatic heterocycles. The summed E-state index contributed by atoms with van der Waals surface area (Å²) in [6, 6.07) is 0. The van der Waals surface area contributed by atoms with E-state index in [1.807, 2.05) is 11.8 Å². The minimum absolute atomic E-state index is 0.0366. The third-order valence-electron chi connectivity index (χ3n) is 4.67. The Morgan fingerprint density at radius 2 is 2.21 bits per heavy atom. The van der Waals surface area contributed by atoms with Crippen molar-refractivity contribution in [2.24, 2.45) is 16.6 Å². The van der Waals surface area contributed by atoms with Crippen LogP contribution in [-0.4, -0.2) is 67.0 Å². The van der Waals surface area contributed by atoms with Gasteiger partial charge in [0.1, 0.15) is 0 Å². The smallest absolute Gasteiger partial charge is 0.221 e. The van der Waals surface area contributed by atoms with Crippen LogP contribution in [0.1, 0.15) is 39.0 Å². The summed E-state index contributed by atoms with van der Waals surface area (Å²) < 4.78 is 0. The van der Waals surface area contributed by atoms with Gasteiger partial charge in [0.25, 0.3) is 0 Å². The second-order valence-electron chi connectivity index (χ2n) is 6.68. The molecule has 0 aromatic carbocycles. The SMILES string of the molecule is CCNC(=NCC1CCCS1)NCCCN1CCCC(C(N)=O)C1. The number of aliphatic imine (C=N–C) groups is 1. The molecule has 6 nitrogen and oxygen atoms in total. The zero-order valence-electron chi connectivity index (χ0n) is 14.9. The molecule has 2 unspecified atom stereocenters. The van der Waals surface area contributed by atoms with Gasteiger partial charge >= 0.3 is 0 Å². The first-order valence-corrected chi connectivity index (χ1v) is 10.4. The molecule has 0 aliphatic carbocycles. The Balaban J connectivity index is 1.64. The Bertz CT molecular complexity index is 412. The van der Waals surface area contributed by atoms with E-state index in [1.165, 1.54) is 18.6 Å². The predicted molar refractivity (Wildman–Crippen MR) is 102 cm³/mol. The maximum absolute atomic E-state index is 11.3. The van der Waals surface area contributed by atoms with Crippen molar-refractivity contribution in [1.82, 2.24) is 15.5 Å². The lowest BCUT2D eigenvalue weighted by Gasteiger charge is -2.31. The zero-order valence-corrected chi connectivity index (χ0v) is 15.7. The number of nitrogens with two attached hydrogens (primary N) is 1. The third kappa shape index (κ3) is 6.89. The van der Waals surface area contributed by atoms with Gasteiger partial charge in [0.05, 0.1) is 12.5 Å². The van der Waals surface area contributed by atoms with Gasteiger partial charge in [-0.15, -0.1) is 0 Å². The van der Waals surface area contributed by atoms with Crippen molar-refractivity contribution in [2.45, 2.75) is 44.3 Å². The summed E-state index contributed by atoms with van der Waals surface area (Å²) in [6.07, 6.45) is 5.69. The Morgan fingerprint density at radius 1 is 1.33 bits per heavy atom. The third-order valence-corrected chi connectivity index (χ3v) is 6.05. The first kappa shape index (κ1) is 19.4. The van der Waals surface area contributed by atoms with Crippen molar-refractivity contribution in [3.05, 3.63) is 0 Å². The van der Waals surface area contributed by atoms with E-state index in [-0.39, 0.29) is 11.8 Å². The molecule has 0 bridgehead atoms. The molecular weight excluding hydrogens is 322 g/mol. The van der Waals surface area contributed by atoms with Crippen molar-refractivity contribution in [3.63, 3.8) is 0 Å². The number of guanidine groups is 1. The minimum Gasteiger partial charge on any atom is -0.369 e. The number of hydrogen-bond donors (Lipinski definition) is 3. The maximum Gasteiger partial charge on any atom is 0.221 e. The second kappa shape index (κ2) is 10.8. The van der Waals surface area contributed by atoms with Gasteiger partial charge in [0.15, 0.2) is 5.96 Å². The fraction of sp³-hybridized carbons (Fsp3) is 0.882. The minimum atomic E-state index is -0.149. The summed E-state index contributed by atoms with van der Waals surface area (Å²) in [5.41, 5.74) is 5.44. The monoisotopic (exact) mass is 355 g/mol. The van der Waals surface area contributed by atoms with Crippen LogP contribution >= 0.6 is 11.8 Å². The van der Waals surface area contributed by atoms with Crippen LogP contribution in [0.25, 0.3) is 0 Å². The summed E-state index contributed by atoms with van der Waals surface area (Å²) in [5.74, 6) is 2.10. The summed E-state index contributed by atoms with van der Waals surface area (Å²) in [7, 11) is 0. The molecule has 0 aromatic rings. The molecule has 2 saturated heterocycles. The van der Waals surface area contributed by atoms with E-state index >= 15 is 0 Å². The van der Waals surface area contributed by atoms with E-state index in [1.54, 1.807) is 0 Å². The van der Waals surface area contributed by atoms with E-state index in [0.717, 1.165) is 64.5 Å². The number of carbonyl (C=O) groups excluding carboxylic acids is 1. The van der Waals surface area contributed by atoms with E-state index in [2.05, 4.69) is 22.5 Å². The van der Waals surface area contributed by atoms with Gasteiger partial charge in [0, 0.05) is 24.9 Å². The lowest BCUT2D eigenvalue weighted by Crippen LogP contribution is -2.43. The van der Waals surface area contributed by atoms with Crippen molar-refractivity contribution >= 4 is 23.6 Å². The predicted octanol–water partition coefficient (Wildman–Crippen LogP) is 1.02. The zero-order chi connectivity index (χ0) is 17.2. The Hall–Kier alpha value is -0.950. The first-order valence-electron chi connectivity index (χ1n) is 9.34. The summed E-state index contributed by atoms with van der Waals surface area (Å²) in [5, 5.41) is 7.45. The molecule has 0 spiro atoms. The maximum atomic E-state index is 11.3. The van der Waals surface area contributed by atoms with Gasteiger partial charge < -0.3 is 21.3 Å². The topological polar surface area (TPSA) is 82.8 Å². The van der Waals surface area contributed by atoms with Crippen LogP contribution in [0.3, 0.4) is 0 Å². The number of carbonyl (C=O) groups is 1. The van der Waals surface area contributed by atoms with E-state index in [9.17, 15) is 4.79 Å². The molecule has 2 atom stereocenters. The van der Waals surface area contributed by atoms with Gasteiger partial charge in [-0.1, -0.05) is 0 Å². The van der Waals surface area contributed by atoms with Crippen LogP contribution in [0.5, 0.6) is 0 Å². The lowest BCUT2D eigenvalue weighted by molar-refractivity contribution is -0.123. The lowest BCUT2D eigenvalue weighted by atomic mass is 9.97. The highest BCUT2D eigenvalue weighted by Crippen LogP contribution is 2.25. The van der Waals surface area contributed by atoms with Crippen LogP contribution in [0.15, 0.2) is 4.99 Å². The Morgan fingerprint density at radius 3 is 2.92 bits per heavy atom. The quantitative estimate of drug-likeness (QED) is 0.344. The summed E-state index contributed by atoms with van der Waals surface area (Å²) in [6.45, 7) is 7.71. The average Bonchev–Trinajstić information content (AvgIpc) is 3.10. The molecule has 0 aromatic heterocycles. The highest BCUT2D eigenvalue weighted by Gasteiger charge is 2.23. The summed E-state index contributed by atoms with van der Waals surface area (Å²) in [4.78, 5) is 18.4. The molecule has 0 saturated carbocycles. The van der Waals surface area contributed by atoms with E-state index in [4.69, 9.17) is 10.7 Å². The highest BCUT2D eigenvalue weighted by atomic mass is 32.2. The first-order chi connectivity index (χ1) is 11.7. The summed E-state index contributed by atoms with van der Waals surface area (Å²) >= 11 is 2.04. The molecule has 24 heavy (non-hydrogen) atoms. The van der Waals surface area contributed by atoms with Crippen LogP contribution in [0.2, 0.25) is 0 Å². The molecule has 2 heterocycles. The fourth-order valence-electron chi connectivity index (χ4n) is 3.32. The standard InChI is InChI=1S/C17H33N5OS/c1-2-19-17(21-12-15-7-4-11-24-15)20-8-5-10-22-9-3-6-14(13-22)16(18)23/h14-15H,2-13H2,1H3,(H2,18,23)(H2,19,20,21). The van der Waals surface area contributed by atoms with Crippen LogP contribution < -0.4 is 16.4 Å². The molecule has 138 valence electrons. The number of nitrogens with one attached hydrogen (secondary N) is 2. The number of nitrogens with zero attached hydrogens (tertiary/aromatic N) is 2. The molecule has 2 rings (SSSR count). The number of thioether (sulfide) groups is 1. The molecular formula is C17H33N5OS. The van der Waals surface area contributed by atoms with Gasteiger partial charge in [-0.05, 0) is 57.9 Å². The number of piperidine rings is 1. The van der Waals surface area contributed by atoms with Gasteiger partial charge in [-0.3, -0.25) is 9.79 Å². The van der Waals surface area contributed by atoms with Gasteiger partial charge in [-0.25, -0.2) is 0 Å². The Kier molecular flexibility index (Phi) is 8.74. The highest BCUT2D eigenvalue weighted by molar-refractivity contribution is 8.00. The van der Waals surface area contributed by atoms with Crippen LogP contribution in [0, 0.1) is 5.92 Å². The largest absolute Gasteiger partial charge is 0.369 e. The molecule has 2 fully saturated rings. The number of likely N-dealkylation sites (tertiary alicyclic amines) is 1. The Labute approximate surface area is 150 Å².